The van der Waals surface area contributed by atoms with Crippen LogP contribution < -0.4 is 10.0 Å². The van der Waals surface area contributed by atoms with Crippen molar-refractivity contribution in [1.82, 2.24) is 14.7 Å². The van der Waals surface area contributed by atoms with Gasteiger partial charge in [0.15, 0.2) is 0 Å². The fraction of sp³-hybridized carbons (Fsp3) is 0.250. The molecule has 1 aromatic heterocycles. The first-order valence-electron chi connectivity index (χ1n) is 5.83. The lowest BCUT2D eigenvalue weighted by molar-refractivity contribution is 0.588. The summed E-state index contributed by atoms with van der Waals surface area (Å²) in [5.74, 6) is 0.747. The van der Waals surface area contributed by atoms with E-state index in [0.29, 0.717) is 5.69 Å². The van der Waals surface area contributed by atoms with Crippen LogP contribution >= 0.6 is 0 Å². The first kappa shape index (κ1) is 13.6. The molecular formula is C12H16N4O2S. The maximum absolute atomic E-state index is 11.9. The van der Waals surface area contributed by atoms with Crippen LogP contribution in [0.2, 0.25) is 0 Å². The van der Waals surface area contributed by atoms with Gasteiger partial charge in [-0.15, -0.1) is 0 Å². The van der Waals surface area contributed by atoms with Gasteiger partial charge in [-0.2, -0.15) is 0 Å². The molecule has 0 radical (unpaired) electrons. The Morgan fingerprint density at radius 1 is 1.32 bits per heavy atom. The third kappa shape index (κ3) is 2.94. The molecule has 2 aromatic rings. The Morgan fingerprint density at radius 2 is 2.05 bits per heavy atom. The summed E-state index contributed by atoms with van der Waals surface area (Å²) in [6.45, 7) is 1.90. The molecule has 0 bridgehead atoms. The molecule has 0 amide bonds. The molecule has 6 nitrogen and oxygen atoms in total. The highest BCUT2D eigenvalue weighted by atomic mass is 32.2. The molecule has 1 aromatic carbocycles. The zero-order valence-corrected chi connectivity index (χ0v) is 11.5. The van der Waals surface area contributed by atoms with E-state index in [-0.39, 0.29) is 10.9 Å². The average molecular weight is 280 g/mol. The normalized spacial score (nSPS) is 13.2. The first-order valence-corrected chi connectivity index (χ1v) is 7.31. The molecule has 0 saturated heterocycles. The minimum Gasteiger partial charge on any atom is -0.374 e. The van der Waals surface area contributed by atoms with Gasteiger partial charge in [0.05, 0.1) is 11.7 Å². The molecule has 1 atom stereocenters. The number of hydrogen-bond donors (Lipinski definition) is 3. The van der Waals surface area contributed by atoms with Crippen molar-refractivity contribution in [3.63, 3.8) is 0 Å². The third-order valence-corrected chi connectivity index (χ3v) is 4.22. The fourth-order valence-electron chi connectivity index (χ4n) is 1.75. The number of aromatic nitrogens is 2. The van der Waals surface area contributed by atoms with Gasteiger partial charge in [0.1, 0.15) is 10.7 Å². The first-order chi connectivity index (χ1) is 9.04. The highest BCUT2D eigenvalue weighted by Crippen LogP contribution is 2.24. The Bertz CT molecular complexity index is 638. The summed E-state index contributed by atoms with van der Waals surface area (Å²) in [7, 11) is -2.10. The fourth-order valence-corrected chi connectivity index (χ4v) is 2.64. The van der Waals surface area contributed by atoms with Crippen molar-refractivity contribution >= 4 is 15.7 Å². The maximum atomic E-state index is 11.9. The zero-order valence-electron chi connectivity index (χ0n) is 10.7. The molecule has 3 N–H and O–H groups in total. The highest BCUT2D eigenvalue weighted by Gasteiger charge is 2.18. The molecule has 0 aliphatic rings. The number of sulfonamides is 1. The van der Waals surface area contributed by atoms with Gasteiger partial charge in [-0.1, -0.05) is 12.1 Å². The zero-order chi connectivity index (χ0) is 13.9. The van der Waals surface area contributed by atoms with E-state index in [9.17, 15) is 8.42 Å². The van der Waals surface area contributed by atoms with Crippen molar-refractivity contribution in [2.45, 2.75) is 17.9 Å². The molecule has 0 spiro atoms. The smallest absolute Gasteiger partial charge is 0.242 e. The van der Waals surface area contributed by atoms with Crippen LogP contribution in [0.1, 0.15) is 18.8 Å². The van der Waals surface area contributed by atoms with Gasteiger partial charge in [-0.25, -0.2) is 18.1 Å². The molecule has 7 heteroatoms. The summed E-state index contributed by atoms with van der Waals surface area (Å²) in [4.78, 5) is 7.35. The lowest BCUT2D eigenvalue weighted by Crippen LogP contribution is -2.21. The maximum Gasteiger partial charge on any atom is 0.242 e. The van der Waals surface area contributed by atoms with Gasteiger partial charge in [0.2, 0.25) is 10.0 Å². The number of anilines is 1. The highest BCUT2D eigenvalue weighted by molar-refractivity contribution is 7.89. The van der Waals surface area contributed by atoms with E-state index < -0.39 is 10.0 Å². The number of nitrogens with zero attached hydrogens (tertiary/aromatic N) is 1. The molecule has 102 valence electrons. The predicted octanol–water partition coefficient (Wildman–Crippen LogP) is 1.49. The van der Waals surface area contributed by atoms with Crippen LogP contribution in [0.4, 0.5) is 5.69 Å². The van der Waals surface area contributed by atoms with E-state index in [2.05, 4.69) is 20.0 Å². The van der Waals surface area contributed by atoms with Crippen LogP contribution in [0.15, 0.2) is 41.6 Å². The van der Waals surface area contributed by atoms with Gasteiger partial charge >= 0.3 is 0 Å². The molecule has 0 fully saturated rings. The number of imidazole rings is 1. The van der Waals surface area contributed by atoms with Crippen LogP contribution in [0, 0.1) is 0 Å². The number of H-pyrrole nitrogens is 1. The summed E-state index contributed by atoms with van der Waals surface area (Å²) >= 11 is 0. The Hall–Kier alpha value is -1.86. The van der Waals surface area contributed by atoms with E-state index >= 15 is 0 Å². The van der Waals surface area contributed by atoms with Crippen molar-refractivity contribution < 1.29 is 8.42 Å². The molecule has 1 unspecified atom stereocenters. The number of benzene rings is 1. The van der Waals surface area contributed by atoms with Gasteiger partial charge in [0, 0.05) is 12.4 Å². The van der Waals surface area contributed by atoms with Crippen LogP contribution in [-0.2, 0) is 10.0 Å². The van der Waals surface area contributed by atoms with Crippen LogP contribution in [0.3, 0.4) is 0 Å². The molecule has 2 rings (SSSR count). The molecular weight excluding hydrogens is 264 g/mol. The number of aromatic amines is 1. The van der Waals surface area contributed by atoms with Gasteiger partial charge in [0.25, 0.3) is 0 Å². The van der Waals surface area contributed by atoms with Gasteiger partial charge in [-0.3, -0.25) is 0 Å². The van der Waals surface area contributed by atoms with Crippen molar-refractivity contribution in [1.29, 1.82) is 0 Å². The summed E-state index contributed by atoms with van der Waals surface area (Å²) in [5.41, 5.74) is 0.542. The standard InChI is InChI=1S/C12H16N4O2S/c1-9(12-14-7-8-15-12)16-10-5-3-4-6-11(10)19(17,18)13-2/h3-9,13,16H,1-2H3,(H,14,15). The minimum atomic E-state index is -3.49. The monoisotopic (exact) mass is 280 g/mol. The van der Waals surface area contributed by atoms with Crippen LogP contribution in [0.5, 0.6) is 0 Å². The summed E-state index contributed by atoms with van der Waals surface area (Å²) in [6, 6.07) is 6.63. The number of rotatable bonds is 5. The molecule has 19 heavy (non-hydrogen) atoms. The van der Waals surface area contributed by atoms with Crippen molar-refractivity contribution in [3.05, 3.63) is 42.5 Å². The largest absolute Gasteiger partial charge is 0.374 e. The number of para-hydroxylation sites is 1. The van der Waals surface area contributed by atoms with E-state index in [1.165, 1.54) is 7.05 Å². The Morgan fingerprint density at radius 3 is 2.68 bits per heavy atom. The number of nitrogens with one attached hydrogen (secondary N) is 3. The van der Waals surface area contributed by atoms with E-state index in [1.54, 1.807) is 36.7 Å². The summed E-state index contributed by atoms with van der Waals surface area (Å²) in [5, 5.41) is 3.14. The lowest BCUT2D eigenvalue weighted by Gasteiger charge is -2.16. The molecule has 0 saturated carbocycles. The second kappa shape index (κ2) is 5.41. The lowest BCUT2D eigenvalue weighted by atomic mass is 10.2. The van der Waals surface area contributed by atoms with Crippen LogP contribution in [-0.4, -0.2) is 25.4 Å². The Labute approximate surface area is 112 Å². The van der Waals surface area contributed by atoms with Crippen LogP contribution in [0.25, 0.3) is 0 Å². The van der Waals surface area contributed by atoms with Gasteiger partial charge in [-0.05, 0) is 26.1 Å². The van der Waals surface area contributed by atoms with Crippen molar-refractivity contribution in [2.75, 3.05) is 12.4 Å². The Balaban J connectivity index is 2.31. The Kier molecular flexibility index (Phi) is 3.87. The molecule has 0 aliphatic carbocycles. The third-order valence-electron chi connectivity index (χ3n) is 2.75. The molecule has 0 aliphatic heterocycles. The summed E-state index contributed by atoms with van der Waals surface area (Å²) in [6.07, 6.45) is 3.38. The summed E-state index contributed by atoms with van der Waals surface area (Å²) < 4.78 is 26.1. The quantitative estimate of drug-likeness (QED) is 0.774. The average Bonchev–Trinajstić information content (AvgIpc) is 2.93. The second-order valence-electron chi connectivity index (χ2n) is 4.04. The second-order valence-corrected chi connectivity index (χ2v) is 5.90. The van der Waals surface area contributed by atoms with Gasteiger partial charge < -0.3 is 10.3 Å². The molecule has 1 heterocycles. The van der Waals surface area contributed by atoms with Crippen molar-refractivity contribution in [2.24, 2.45) is 0 Å². The predicted molar refractivity (Wildman–Crippen MR) is 73.3 cm³/mol. The topological polar surface area (TPSA) is 86.9 Å². The SMILES string of the molecule is CNS(=O)(=O)c1ccccc1NC(C)c1ncc[nH]1. The number of hydrogen-bond acceptors (Lipinski definition) is 4. The minimum absolute atomic E-state index is 0.122. The van der Waals surface area contributed by atoms with Crippen molar-refractivity contribution in [3.8, 4) is 0 Å². The van der Waals surface area contributed by atoms with E-state index in [1.807, 2.05) is 6.92 Å². The van der Waals surface area contributed by atoms with E-state index in [0.717, 1.165) is 5.82 Å². The van der Waals surface area contributed by atoms with E-state index in [4.69, 9.17) is 0 Å².